The van der Waals surface area contributed by atoms with Gasteiger partial charge in [0.25, 0.3) is 5.91 Å². The number of ether oxygens (including phenoxy) is 2. The summed E-state index contributed by atoms with van der Waals surface area (Å²) >= 11 is 0. The van der Waals surface area contributed by atoms with Crippen LogP contribution < -0.4 is 14.5 Å². The molecule has 0 atom stereocenters. The van der Waals surface area contributed by atoms with E-state index in [1.54, 1.807) is 12.1 Å². The molecule has 1 heterocycles. The average Bonchev–Trinajstić information content (AvgIpc) is 2.96. The Hall–Kier alpha value is -3.52. The van der Waals surface area contributed by atoms with E-state index >= 15 is 0 Å². The highest BCUT2D eigenvalue weighted by atomic mass is 16.5. The molecule has 5 heteroatoms. The first-order valence-electron chi connectivity index (χ1n) is 8.64. The Morgan fingerprint density at radius 1 is 1.15 bits per heavy atom. The molecule has 0 aromatic heterocycles. The summed E-state index contributed by atoms with van der Waals surface area (Å²) in [5, 5.41) is 5.80. The maximum absolute atomic E-state index is 12.8. The summed E-state index contributed by atoms with van der Waals surface area (Å²) in [6.45, 7) is 4.37. The van der Waals surface area contributed by atoms with Crippen molar-refractivity contribution in [2.24, 2.45) is 5.10 Å². The molecule has 1 amide bonds. The Bertz CT molecular complexity index is 940. The summed E-state index contributed by atoms with van der Waals surface area (Å²) in [7, 11) is 0. The van der Waals surface area contributed by atoms with Crippen molar-refractivity contribution in [2.45, 2.75) is 13.8 Å². The molecule has 5 nitrogen and oxygen atoms in total. The Morgan fingerprint density at radius 2 is 1.93 bits per heavy atom. The number of carbonyl (C=O) groups excluding carboxylic acids is 1. The molecule has 0 N–H and O–H groups in total. The first kappa shape index (κ1) is 18.3. The van der Waals surface area contributed by atoms with Crippen LogP contribution in [-0.4, -0.2) is 24.8 Å². The number of terminal acetylenes is 1. The van der Waals surface area contributed by atoms with Crippen LogP contribution in [0.4, 0.5) is 5.69 Å². The van der Waals surface area contributed by atoms with Gasteiger partial charge in [-0.1, -0.05) is 30.2 Å². The van der Waals surface area contributed by atoms with Gasteiger partial charge in [-0.15, -0.1) is 6.42 Å². The van der Waals surface area contributed by atoms with Crippen LogP contribution >= 0.6 is 0 Å². The molecular weight excluding hydrogens is 340 g/mol. The van der Waals surface area contributed by atoms with Crippen molar-refractivity contribution >= 4 is 23.4 Å². The van der Waals surface area contributed by atoms with Gasteiger partial charge in [-0.3, -0.25) is 4.79 Å². The number of rotatable bonds is 6. The summed E-state index contributed by atoms with van der Waals surface area (Å²) in [6.07, 6.45) is 7.05. The van der Waals surface area contributed by atoms with Crippen LogP contribution in [0.2, 0.25) is 0 Å². The van der Waals surface area contributed by atoms with Crippen LogP contribution in [0.1, 0.15) is 19.4 Å². The second-order valence-corrected chi connectivity index (χ2v) is 5.83. The Morgan fingerprint density at radius 3 is 2.63 bits per heavy atom. The van der Waals surface area contributed by atoms with Gasteiger partial charge in [0.1, 0.15) is 6.61 Å². The van der Waals surface area contributed by atoms with E-state index in [-0.39, 0.29) is 12.5 Å². The van der Waals surface area contributed by atoms with Gasteiger partial charge in [0, 0.05) is 0 Å². The highest BCUT2D eigenvalue weighted by Crippen LogP contribution is 2.31. The first-order valence-corrected chi connectivity index (χ1v) is 8.64. The SMILES string of the molecule is C#CCOc1ccc(/C=C2/C(=O)N(c3ccccc3)N=C2C)cc1OCC. The van der Waals surface area contributed by atoms with E-state index in [1.165, 1.54) is 5.01 Å². The largest absolute Gasteiger partial charge is 0.490 e. The third-order valence-electron chi connectivity index (χ3n) is 3.95. The average molecular weight is 360 g/mol. The van der Waals surface area contributed by atoms with Crippen molar-refractivity contribution in [3.63, 3.8) is 0 Å². The number of benzene rings is 2. The maximum Gasteiger partial charge on any atom is 0.280 e. The van der Waals surface area contributed by atoms with Gasteiger partial charge >= 0.3 is 0 Å². The number of hydrogen-bond donors (Lipinski definition) is 0. The van der Waals surface area contributed by atoms with Crippen LogP contribution in [0.3, 0.4) is 0 Å². The monoisotopic (exact) mass is 360 g/mol. The number of anilines is 1. The third-order valence-corrected chi connectivity index (χ3v) is 3.95. The molecule has 0 saturated heterocycles. The van der Waals surface area contributed by atoms with Crippen LogP contribution in [0, 0.1) is 12.3 Å². The molecule has 1 aliphatic rings. The predicted molar refractivity (Wildman–Crippen MR) is 107 cm³/mol. The minimum absolute atomic E-state index is 0.163. The highest BCUT2D eigenvalue weighted by Gasteiger charge is 2.28. The number of amides is 1. The molecule has 27 heavy (non-hydrogen) atoms. The predicted octanol–water partition coefficient (Wildman–Crippen LogP) is 3.90. The zero-order valence-electron chi connectivity index (χ0n) is 15.3. The van der Waals surface area contributed by atoms with E-state index in [4.69, 9.17) is 15.9 Å². The van der Waals surface area contributed by atoms with Gasteiger partial charge in [0.2, 0.25) is 0 Å². The molecule has 0 bridgehead atoms. The molecule has 0 saturated carbocycles. The number of hydrogen-bond acceptors (Lipinski definition) is 4. The quantitative estimate of drug-likeness (QED) is 0.580. The van der Waals surface area contributed by atoms with Gasteiger partial charge < -0.3 is 9.47 Å². The zero-order chi connectivity index (χ0) is 19.2. The van der Waals surface area contributed by atoms with Gasteiger partial charge in [-0.25, -0.2) is 0 Å². The second-order valence-electron chi connectivity index (χ2n) is 5.83. The summed E-state index contributed by atoms with van der Waals surface area (Å²) in [6, 6.07) is 14.8. The summed E-state index contributed by atoms with van der Waals surface area (Å²) in [5.74, 6) is 3.43. The zero-order valence-corrected chi connectivity index (χ0v) is 15.3. The lowest BCUT2D eigenvalue weighted by Gasteiger charge is -2.12. The standard InChI is InChI=1S/C22H20N2O3/c1-4-13-27-20-12-11-17(15-21(20)26-5-2)14-19-16(3)23-24(22(19)25)18-9-7-6-8-10-18/h1,6-12,14-15H,5,13H2,2-3H3/b19-14+. The lowest BCUT2D eigenvalue weighted by Crippen LogP contribution is -2.21. The molecule has 2 aromatic rings. The Balaban J connectivity index is 1.90. The minimum atomic E-state index is -0.163. The molecule has 0 radical (unpaired) electrons. The van der Waals surface area contributed by atoms with Gasteiger partial charge in [0.05, 0.1) is 23.6 Å². The molecule has 3 rings (SSSR count). The molecular formula is C22H20N2O3. The first-order chi connectivity index (χ1) is 13.1. The lowest BCUT2D eigenvalue weighted by atomic mass is 10.1. The molecule has 136 valence electrons. The number of para-hydroxylation sites is 1. The molecule has 0 unspecified atom stereocenters. The van der Waals surface area contributed by atoms with Crippen LogP contribution in [-0.2, 0) is 4.79 Å². The molecule has 0 spiro atoms. The molecule has 2 aromatic carbocycles. The van der Waals surface area contributed by atoms with Crippen molar-refractivity contribution in [3.8, 4) is 23.8 Å². The lowest BCUT2D eigenvalue weighted by molar-refractivity contribution is -0.114. The van der Waals surface area contributed by atoms with Gasteiger partial charge in [-0.2, -0.15) is 10.1 Å². The smallest absolute Gasteiger partial charge is 0.280 e. The van der Waals surface area contributed by atoms with E-state index in [0.29, 0.717) is 29.4 Å². The Kier molecular flexibility index (Phi) is 5.58. The van der Waals surface area contributed by atoms with Crippen molar-refractivity contribution in [1.82, 2.24) is 0 Å². The minimum Gasteiger partial charge on any atom is -0.490 e. The fourth-order valence-corrected chi connectivity index (χ4v) is 2.72. The molecule has 1 aliphatic heterocycles. The van der Waals surface area contributed by atoms with Crippen LogP contribution in [0.15, 0.2) is 59.2 Å². The summed E-state index contributed by atoms with van der Waals surface area (Å²) in [4.78, 5) is 12.8. The molecule has 0 aliphatic carbocycles. The van der Waals surface area contributed by atoms with Crippen LogP contribution in [0.25, 0.3) is 6.08 Å². The van der Waals surface area contributed by atoms with Crippen molar-refractivity contribution in [2.75, 3.05) is 18.2 Å². The normalized spacial score (nSPS) is 14.9. The van der Waals surface area contributed by atoms with Crippen molar-refractivity contribution in [3.05, 3.63) is 59.7 Å². The van der Waals surface area contributed by atoms with Crippen LogP contribution in [0.5, 0.6) is 11.5 Å². The van der Waals surface area contributed by atoms with Crippen molar-refractivity contribution < 1.29 is 14.3 Å². The number of hydrazone groups is 1. The fraction of sp³-hybridized carbons (Fsp3) is 0.182. The highest BCUT2D eigenvalue weighted by molar-refractivity contribution is 6.32. The van der Waals surface area contributed by atoms with E-state index in [1.807, 2.05) is 56.3 Å². The fourth-order valence-electron chi connectivity index (χ4n) is 2.72. The van der Waals surface area contributed by atoms with E-state index in [0.717, 1.165) is 11.3 Å². The van der Waals surface area contributed by atoms with Gasteiger partial charge in [0.15, 0.2) is 11.5 Å². The number of nitrogens with zero attached hydrogens (tertiary/aromatic N) is 2. The summed E-state index contributed by atoms with van der Waals surface area (Å²) < 4.78 is 11.1. The third kappa shape index (κ3) is 4.01. The van der Waals surface area contributed by atoms with E-state index < -0.39 is 0 Å². The second kappa shape index (κ2) is 8.24. The number of carbonyl (C=O) groups is 1. The Labute approximate surface area is 158 Å². The van der Waals surface area contributed by atoms with E-state index in [9.17, 15) is 4.79 Å². The summed E-state index contributed by atoms with van der Waals surface area (Å²) in [5.41, 5.74) is 2.76. The van der Waals surface area contributed by atoms with E-state index in [2.05, 4.69) is 11.0 Å². The maximum atomic E-state index is 12.8. The molecule has 0 fully saturated rings. The van der Waals surface area contributed by atoms with Crippen molar-refractivity contribution in [1.29, 1.82) is 0 Å². The van der Waals surface area contributed by atoms with Gasteiger partial charge in [-0.05, 0) is 49.8 Å². The topological polar surface area (TPSA) is 51.1 Å².